The molecule has 1 aliphatic rings. The highest BCUT2D eigenvalue weighted by molar-refractivity contribution is 7.88. The Morgan fingerprint density at radius 2 is 1.67 bits per heavy atom. The van der Waals surface area contributed by atoms with Crippen molar-refractivity contribution < 1.29 is 27.1 Å². The molecule has 0 spiro atoms. The Hall–Kier alpha value is -3.76. The minimum Gasteiger partial charge on any atom is -0.477 e. The first-order valence-corrected chi connectivity index (χ1v) is 13.1. The molecule has 1 N–H and O–H groups in total. The SMILES string of the molecule is CS(=O)(=O)N(CC(=O)N1C[C@H](C(=O)NCc2ccccc2)Oc2ccccc21)Cc1ccc(F)cc1. The van der Waals surface area contributed by atoms with Crippen LogP contribution >= 0.6 is 0 Å². The van der Waals surface area contributed by atoms with Gasteiger partial charge in [-0.05, 0) is 35.4 Å². The summed E-state index contributed by atoms with van der Waals surface area (Å²) in [4.78, 5) is 27.6. The van der Waals surface area contributed by atoms with Crippen molar-refractivity contribution in [3.05, 3.63) is 95.8 Å². The normalized spacial score (nSPS) is 15.2. The van der Waals surface area contributed by atoms with Gasteiger partial charge in [0, 0.05) is 13.1 Å². The van der Waals surface area contributed by atoms with Crippen LogP contribution in [0.15, 0.2) is 78.9 Å². The second-order valence-corrected chi connectivity index (χ2v) is 10.4. The number of hydrogen-bond donors (Lipinski definition) is 1. The first-order chi connectivity index (χ1) is 17.2. The van der Waals surface area contributed by atoms with Crippen LogP contribution in [0, 0.1) is 5.82 Å². The van der Waals surface area contributed by atoms with Crippen LogP contribution in [0.25, 0.3) is 0 Å². The summed E-state index contributed by atoms with van der Waals surface area (Å²) in [5.41, 5.74) is 1.90. The van der Waals surface area contributed by atoms with E-state index in [1.165, 1.54) is 29.2 Å². The topological polar surface area (TPSA) is 96.0 Å². The number of anilines is 1. The lowest BCUT2D eigenvalue weighted by Crippen LogP contribution is -2.52. The van der Waals surface area contributed by atoms with Crippen LogP contribution in [0.5, 0.6) is 5.75 Å². The summed E-state index contributed by atoms with van der Waals surface area (Å²) in [5, 5.41) is 2.82. The molecule has 2 amide bonds. The van der Waals surface area contributed by atoms with Crippen LogP contribution < -0.4 is 15.0 Å². The van der Waals surface area contributed by atoms with E-state index in [4.69, 9.17) is 4.74 Å². The predicted molar refractivity (Wildman–Crippen MR) is 133 cm³/mol. The van der Waals surface area contributed by atoms with E-state index in [1.54, 1.807) is 24.3 Å². The maximum atomic E-state index is 13.4. The van der Waals surface area contributed by atoms with Gasteiger partial charge in [-0.25, -0.2) is 12.8 Å². The molecule has 8 nitrogen and oxygen atoms in total. The predicted octanol–water partition coefficient (Wildman–Crippen LogP) is 2.70. The second-order valence-electron chi connectivity index (χ2n) is 8.44. The number of nitrogens with zero attached hydrogens (tertiary/aromatic N) is 2. The molecule has 0 radical (unpaired) electrons. The Morgan fingerprint density at radius 3 is 2.36 bits per heavy atom. The van der Waals surface area contributed by atoms with Crippen LogP contribution in [0.1, 0.15) is 11.1 Å². The highest BCUT2D eigenvalue weighted by atomic mass is 32.2. The standard InChI is InChI=1S/C26H26FN3O5S/c1-36(33,34)29(16-20-11-13-21(27)14-12-20)18-25(31)30-17-24(35-23-10-6-5-9-22(23)30)26(32)28-15-19-7-3-2-4-8-19/h2-14,24H,15-18H2,1H3,(H,28,32)/t24-/m1/s1. The van der Waals surface area contributed by atoms with Crippen molar-refractivity contribution in [2.45, 2.75) is 19.2 Å². The van der Waals surface area contributed by atoms with E-state index >= 15 is 0 Å². The summed E-state index contributed by atoms with van der Waals surface area (Å²) in [6.45, 7) is -0.333. The van der Waals surface area contributed by atoms with E-state index in [-0.39, 0.29) is 13.1 Å². The number of nitrogens with one attached hydrogen (secondary N) is 1. The molecule has 0 aromatic heterocycles. The average Bonchev–Trinajstić information content (AvgIpc) is 2.87. The van der Waals surface area contributed by atoms with Crippen molar-refractivity contribution in [2.24, 2.45) is 0 Å². The third-order valence-electron chi connectivity index (χ3n) is 5.73. The molecule has 0 aliphatic carbocycles. The lowest BCUT2D eigenvalue weighted by molar-refractivity contribution is -0.128. The second kappa shape index (κ2) is 10.9. The number of halogens is 1. The van der Waals surface area contributed by atoms with E-state index in [9.17, 15) is 22.4 Å². The van der Waals surface area contributed by atoms with Gasteiger partial charge in [0.15, 0.2) is 6.10 Å². The monoisotopic (exact) mass is 511 g/mol. The van der Waals surface area contributed by atoms with Crippen LogP contribution in [-0.2, 0) is 32.7 Å². The molecule has 0 saturated carbocycles. The third kappa shape index (κ3) is 6.27. The summed E-state index contributed by atoms with van der Waals surface area (Å²) in [6, 6.07) is 21.6. The Morgan fingerprint density at radius 1 is 1.00 bits per heavy atom. The number of carbonyl (C=O) groups is 2. The average molecular weight is 512 g/mol. The summed E-state index contributed by atoms with van der Waals surface area (Å²) < 4.78 is 45.1. The molecule has 3 aromatic carbocycles. The minimum absolute atomic E-state index is 0.0788. The van der Waals surface area contributed by atoms with Gasteiger partial charge in [0.1, 0.15) is 11.6 Å². The number of amides is 2. The smallest absolute Gasteiger partial charge is 0.263 e. The molecule has 3 aromatic rings. The van der Waals surface area contributed by atoms with Gasteiger partial charge < -0.3 is 15.0 Å². The number of rotatable bonds is 8. The van der Waals surface area contributed by atoms with Crippen LogP contribution in [0.2, 0.25) is 0 Å². The van der Waals surface area contributed by atoms with Crippen LogP contribution in [0.3, 0.4) is 0 Å². The summed E-state index contributed by atoms with van der Waals surface area (Å²) in [5.74, 6) is -1.000. The Labute approximate surface area is 209 Å². The van der Waals surface area contributed by atoms with Crippen molar-refractivity contribution in [1.82, 2.24) is 9.62 Å². The third-order valence-corrected chi connectivity index (χ3v) is 6.93. The number of carbonyl (C=O) groups excluding carboxylic acids is 2. The maximum Gasteiger partial charge on any atom is 0.263 e. The van der Waals surface area contributed by atoms with Crippen molar-refractivity contribution >= 4 is 27.5 Å². The molecule has 1 heterocycles. The van der Waals surface area contributed by atoms with E-state index in [0.717, 1.165) is 16.1 Å². The Kier molecular flexibility index (Phi) is 7.66. The van der Waals surface area contributed by atoms with Gasteiger partial charge in [0.25, 0.3) is 5.91 Å². The van der Waals surface area contributed by atoms with Gasteiger partial charge in [-0.3, -0.25) is 9.59 Å². The van der Waals surface area contributed by atoms with Gasteiger partial charge in [-0.2, -0.15) is 4.31 Å². The van der Waals surface area contributed by atoms with Crippen LogP contribution in [-0.4, -0.2) is 50.0 Å². The highest BCUT2D eigenvalue weighted by Gasteiger charge is 2.35. The van der Waals surface area contributed by atoms with E-state index < -0.39 is 40.3 Å². The Balaban J connectivity index is 1.51. The van der Waals surface area contributed by atoms with E-state index in [2.05, 4.69) is 5.32 Å². The minimum atomic E-state index is -3.77. The molecule has 36 heavy (non-hydrogen) atoms. The van der Waals surface area contributed by atoms with Crippen molar-refractivity contribution in [1.29, 1.82) is 0 Å². The zero-order chi connectivity index (χ0) is 25.7. The first-order valence-electron chi connectivity index (χ1n) is 11.3. The van der Waals surface area contributed by atoms with Gasteiger partial charge in [-0.15, -0.1) is 0 Å². The molecule has 10 heteroatoms. The quantitative estimate of drug-likeness (QED) is 0.502. The number of para-hydroxylation sites is 2. The number of ether oxygens (including phenoxy) is 1. The summed E-state index contributed by atoms with van der Waals surface area (Å²) in [7, 11) is -3.77. The molecule has 1 aliphatic heterocycles. The Bertz CT molecular complexity index is 1330. The largest absolute Gasteiger partial charge is 0.477 e. The zero-order valence-corrected chi connectivity index (χ0v) is 20.4. The zero-order valence-electron chi connectivity index (χ0n) is 19.6. The lowest BCUT2D eigenvalue weighted by Gasteiger charge is -2.35. The van der Waals surface area contributed by atoms with Gasteiger partial charge in [0.2, 0.25) is 15.9 Å². The molecular weight excluding hydrogens is 485 g/mol. The van der Waals surface area contributed by atoms with Crippen LogP contribution in [0.4, 0.5) is 10.1 Å². The number of benzene rings is 3. The molecule has 0 bridgehead atoms. The van der Waals surface area contributed by atoms with Gasteiger partial charge >= 0.3 is 0 Å². The molecule has 1 atom stereocenters. The first kappa shape index (κ1) is 25.3. The molecule has 4 rings (SSSR count). The molecular formula is C26H26FN3O5S. The van der Waals surface area contributed by atoms with E-state index in [1.807, 2.05) is 30.3 Å². The fraction of sp³-hybridized carbons (Fsp3) is 0.231. The summed E-state index contributed by atoms with van der Waals surface area (Å²) in [6.07, 6.45) is 0.0352. The maximum absolute atomic E-state index is 13.4. The fourth-order valence-electron chi connectivity index (χ4n) is 3.83. The molecule has 0 fully saturated rings. The fourth-order valence-corrected chi connectivity index (χ4v) is 4.55. The number of hydrogen-bond acceptors (Lipinski definition) is 5. The number of sulfonamides is 1. The highest BCUT2D eigenvalue weighted by Crippen LogP contribution is 2.33. The molecule has 188 valence electrons. The van der Waals surface area contributed by atoms with Gasteiger partial charge in [-0.1, -0.05) is 54.6 Å². The number of fused-ring (bicyclic) bond motifs is 1. The van der Waals surface area contributed by atoms with Crippen molar-refractivity contribution in [3.63, 3.8) is 0 Å². The molecule has 0 saturated heterocycles. The van der Waals surface area contributed by atoms with Crippen molar-refractivity contribution in [2.75, 3.05) is 24.2 Å². The van der Waals surface area contributed by atoms with Gasteiger partial charge in [0.05, 0.1) is 25.0 Å². The molecule has 0 unspecified atom stereocenters. The lowest BCUT2D eigenvalue weighted by atomic mass is 10.1. The van der Waals surface area contributed by atoms with E-state index in [0.29, 0.717) is 23.5 Å². The van der Waals surface area contributed by atoms with Crippen molar-refractivity contribution in [3.8, 4) is 5.75 Å². The summed E-state index contributed by atoms with van der Waals surface area (Å²) >= 11 is 0.